The second kappa shape index (κ2) is 6.89. The summed E-state index contributed by atoms with van der Waals surface area (Å²) in [6.07, 6.45) is 3.07. The Morgan fingerprint density at radius 2 is 2.05 bits per heavy atom. The van der Waals surface area contributed by atoms with Crippen molar-refractivity contribution in [2.75, 3.05) is 6.54 Å². The van der Waals surface area contributed by atoms with Crippen molar-refractivity contribution in [1.29, 1.82) is 0 Å². The maximum Gasteiger partial charge on any atom is 0.134 e. The molecule has 2 nitrogen and oxygen atoms in total. The van der Waals surface area contributed by atoms with Crippen LogP contribution >= 0.6 is 0 Å². The number of benzene rings is 1. The van der Waals surface area contributed by atoms with Gasteiger partial charge in [0.05, 0.1) is 0 Å². The summed E-state index contributed by atoms with van der Waals surface area (Å²) in [6.45, 7) is 7.70. The van der Waals surface area contributed by atoms with Gasteiger partial charge in [-0.05, 0) is 49.6 Å². The molecule has 0 amide bonds. The van der Waals surface area contributed by atoms with Crippen LogP contribution in [0.4, 0.5) is 4.39 Å². The minimum atomic E-state index is -0.213. The first-order valence-corrected chi connectivity index (χ1v) is 7.51. The van der Waals surface area contributed by atoms with Crippen LogP contribution < -0.4 is 5.32 Å². The molecule has 1 aromatic heterocycles. The number of aryl methyl sites for hydroxylation is 1. The molecule has 0 bridgehead atoms. The largest absolute Gasteiger partial charge is 0.461 e. The third-order valence-corrected chi connectivity index (χ3v) is 3.69. The van der Waals surface area contributed by atoms with Crippen molar-refractivity contribution in [3.05, 3.63) is 35.8 Å². The first-order chi connectivity index (χ1) is 9.60. The van der Waals surface area contributed by atoms with Gasteiger partial charge in [-0.15, -0.1) is 0 Å². The Balaban J connectivity index is 2.00. The van der Waals surface area contributed by atoms with Gasteiger partial charge < -0.3 is 9.73 Å². The fraction of sp³-hybridized carbons (Fsp3) is 0.529. The lowest BCUT2D eigenvalue weighted by atomic mass is 9.98. The topological polar surface area (TPSA) is 25.2 Å². The van der Waals surface area contributed by atoms with Crippen molar-refractivity contribution in [3.8, 4) is 0 Å². The zero-order valence-electron chi connectivity index (χ0n) is 12.6. The van der Waals surface area contributed by atoms with Gasteiger partial charge in [0.25, 0.3) is 0 Å². The summed E-state index contributed by atoms with van der Waals surface area (Å²) in [5, 5.41) is 4.43. The fourth-order valence-corrected chi connectivity index (χ4v) is 2.49. The highest BCUT2D eigenvalue weighted by Crippen LogP contribution is 2.22. The van der Waals surface area contributed by atoms with Gasteiger partial charge in [-0.25, -0.2) is 4.39 Å². The normalized spacial score (nSPS) is 13.2. The van der Waals surface area contributed by atoms with Gasteiger partial charge in [0.15, 0.2) is 0 Å². The van der Waals surface area contributed by atoms with E-state index in [-0.39, 0.29) is 5.82 Å². The van der Waals surface area contributed by atoms with E-state index in [0.29, 0.717) is 12.0 Å². The molecule has 1 unspecified atom stereocenters. The van der Waals surface area contributed by atoms with Crippen molar-refractivity contribution in [1.82, 2.24) is 5.32 Å². The summed E-state index contributed by atoms with van der Waals surface area (Å²) < 4.78 is 18.9. The number of hydrogen-bond donors (Lipinski definition) is 1. The van der Waals surface area contributed by atoms with E-state index >= 15 is 0 Å². The minimum absolute atomic E-state index is 0.213. The van der Waals surface area contributed by atoms with Gasteiger partial charge in [-0.1, -0.05) is 20.8 Å². The molecule has 0 saturated carbocycles. The SMILES string of the molecule is CCCNC(CCc1cc2cc(F)ccc2o1)C(C)C. The van der Waals surface area contributed by atoms with Crippen LogP contribution in [0.2, 0.25) is 0 Å². The van der Waals surface area contributed by atoms with E-state index in [9.17, 15) is 4.39 Å². The minimum Gasteiger partial charge on any atom is -0.461 e. The Hall–Kier alpha value is -1.35. The fourth-order valence-electron chi connectivity index (χ4n) is 2.49. The molecule has 110 valence electrons. The molecule has 0 radical (unpaired) electrons. The van der Waals surface area contributed by atoms with E-state index in [2.05, 4.69) is 26.1 Å². The van der Waals surface area contributed by atoms with E-state index in [4.69, 9.17) is 4.42 Å². The zero-order chi connectivity index (χ0) is 14.5. The Morgan fingerprint density at radius 3 is 2.75 bits per heavy atom. The Morgan fingerprint density at radius 1 is 1.25 bits per heavy atom. The molecule has 0 aliphatic heterocycles. The van der Waals surface area contributed by atoms with Crippen LogP contribution in [0.1, 0.15) is 39.4 Å². The lowest BCUT2D eigenvalue weighted by molar-refractivity contribution is 0.368. The Kier molecular flexibility index (Phi) is 5.18. The predicted molar refractivity (Wildman–Crippen MR) is 81.4 cm³/mol. The quantitative estimate of drug-likeness (QED) is 0.804. The highest BCUT2D eigenvalue weighted by Gasteiger charge is 2.13. The summed E-state index contributed by atoms with van der Waals surface area (Å²) in [7, 11) is 0. The molecule has 1 heterocycles. The van der Waals surface area contributed by atoms with E-state index in [1.807, 2.05) is 6.07 Å². The van der Waals surface area contributed by atoms with E-state index < -0.39 is 0 Å². The third-order valence-electron chi connectivity index (χ3n) is 3.69. The van der Waals surface area contributed by atoms with Crippen molar-refractivity contribution >= 4 is 11.0 Å². The predicted octanol–water partition coefficient (Wildman–Crippen LogP) is 4.53. The van der Waals surface area contributed by atoms with Crippen LogP contribution in [-0.4, -0.2) is 12.6 Å². The standard InChI is InChI=1S/C17H24FNO/c1-4-9-19-16(12(2)3)7-6-15-11-13-10-14(18)5-8-17(13)20-15/h5,8,10-12,16,19H,4,6-7,9H2,1-3H3. The second-order valence-electron chi connectivity index (χ2n) is 5.74. The molecule has 3 heteroatoms. The maximum absolute atomic E-state index is 13.2. The number of furan rings is 1. The first kappa shape index (κ1) is 15.0. The number of nitrogens with one attached hydrogen (secondary N) is 1. The van der Waals surface area contributed by atoms with Gasteiger partial charge in [0.1, 0.15) is 17.2 Å². The summed E-state index contributed by atoms with van der Waals surface area (Å²) in [5.74, 6) is 1.33. The third kappa shape index (κ3) is 3.83. The molecule has 0 aliphatic carbocycles. The van der Waals surface area contributed by atoms with Crippen LogP contribution in [0.25, 0.3) is 11.0 Å². The van der Waals surface area contributed by atoms with Crippen molar-refractivity contribution in [2.45, 2.75) is 46.1 Å². The molecule has 2 rings (SSSR count). The van der Waals surface area contributed by atoms with Crippen molar-refractivity contribution in [2.24, 2.45) is 5.92 Å². The van der Waals surface area contributed by atoms with E-state index in [0.717, 1.165) is 42.5 Å². The molecule has 1 N–H and O–H groups in total. The summed E-state index contributed by atoms with van der Waals surface area (Å²) in [5.41, 5.74) is 0.768. The van der Waals surface area contributed by atoms with Gasteiger partial charge in [-0.3, -0.25) is 0 Å². The summed E-state index contributed by atoms with van der Waals surface area (Å²) in [6, 6.07) is 7.12. The number of fused-ring (bicyclic) bond motifs is 1. The second-order valence-corrected chi connectivity index (χ2v) is 5.74. The highest BCUT2D eigenvalue weighted by molar-refractivity contribution is 5.77. The van der Waals surface area contributed by atoms with Gasteiger partial charge in [0, 0.05) is 17.8 Å². The molecular formula is C17H24FNO. The van der Waals surface area contributed by atoms with Crippen LogP contribution in [0.3, 0.4) is 0 Å². The molecule has 2 aromatic rings. The van der Waals surface area contributed by atoms with Crippen molar-refractivity contribution in [3.63, 3.8) is 0 Å². The Labute approximate surface area is 120 Å². The molecule has 0 saturated heterocycles. The summed E-state index contributed by atoms with van der Waals surface area (Å²) >= 11 is 0. The molecule has 1 aromatic carbocycles. The van der Waals surface area contributed by atoms with Gasteiger partial charge >= 0.3 is 0 Å². The number of rotatable bonds is 7. The van der Waals surface area contributed by atoms with Gasteiger partial charge in [-0.2, -0.15) is 0 Å². The molecule has 1 atom stereocenters. The smallest absolute Gasteiger partial charge is 0.134 e. The van der Waals surface area contributed by atoms with Crippen LogP contribution in [0.5, 0.6) is 0 Å². The lowest BCUT2D eigenvalue weighted by Gasteiger charge is -2.21. The van der Waals surface area contributed by atoms with E-state index in [1.54, 1.807) is 6.07 Å². The van der Waals surface area contributed by atoms with Crippen molar-refractivity contribution < 1.29 is 8.81 Å². The zero-order valence-corrected chi connectivity index (χ0v) is 12.6. The van der Waals surface area contributed by atoms with Gasteiger partial charge in [0.2, 0.25) is 0 Å². The average Bonchev–Trinajstić information content (AvgIpc) is 2.80. The maximum atomic E-state index is 13.2. The van der Waals surface area contributed by atoms with E-state index in [1.165, 1.54) is 12.1 Å². The molecule has 0 fully saturated rings. The highest BCUT2D eigenvalue weighted by atomic mass is 19.1. The van der Waals surface area contributed by atoms with Crippen LogP contribution in [-0.2, 0) is 6.42 Å². The monoisotopic (exact) mass is 277 g/mol. The Bertz CT molecular complexity index is 547. The van der Waals surface area contributed by atoms with Crippen LogP contribution in [0.15, 0.2) is 28.7 Å². The average molecular weight is 277 g/mol. The molecule has 20 heavy (non-hydrogen) atoms. The molecular weight excluding hydrogens is 253 g/mol. The molecule has 0 spiro atoms. The number of halogens is 1. The molecule has 0 aliphatic rings. The van der Waals surface area contributed by atoms with Crippen LogP contribution in [0, 0.1) is 11.7 Å². The summed E-state index contributed by atoms with van der Waals surface area (Å²) in [4.78, 5) is 0. The lowest BCUT2D eigenvalue weighted by Crippen LogP contribution is -2.34. The first-order valence-electron chi connectivity index (χ1n) is 7.51. The number of hydrogen-bond acceptors (Lipinski definition) is 2.